The van der Waals surface area contributed by atoms with Gasteiger partial charge < -0.3 is 20.5 Å². The number of hydrogen-bond donors (Lipinski definition) is 3. The minimum atomic E-state index is -0.943. The first-order valence-electron chi connectivity index (χ1n) is 11.6. The van der Waals surface area contributed by atoms with Crippen LogP contribution in [0, 0.1) is 11.8 Å². The Morgan fingerprint density at radius 2 is 1.64 bits per heavy atom. The predicted molar refractivity (Wildman–Crippen MR) is 124 cm³/mol. The minimum Gasteiger partial charge on any atom is -0.481 e. The lowest BCUT2D eigenvalue weighted by molar-refractivity contribution is -0.141. The molecule has 7 nitrogen and oxygen atoms in total. The van der Waals surface area contributed by atoms with Crippen molar-refractivity contribution in [1.29, 1.82) is 0 Å². The van der Waals surface area contributed by atoms with Crippen LogP contribution in [0.5, 0.6) is 0 Å². The van der Waals surface area contributed by atoms with Crippen LogP contribution >= 0.6 is 0 Å². The Labute approximate surface area is 193 Å². The highest BCUT2D eigenvalue weighted by molar-refractivity contribution is 5.86. The van der Waals surface area contributed by atoms with E-state index in [-0.39, 0.29) is 25.0 Å². The SMILES string of the molecule is CCC(CNC(=O)C(CC1CC1)NC(=O)OCC1c2ccccc2-c2ccccc21)C(=O)O. The quantitative estimate of drug-likeness (QED) is 0.509. The second-order valence-electron chi connectivity index (χ2n) is 8.89. The Bertz CT molecular complexity index is 987. The van der Waals surface area contributed by atoms with Gasteiger partial charge in [-0.05, 0) is 41.0 Å². The van der Waals surface area contributed by atoms with Crippen molar-refractivity contribution in [2.45, 2.75) is 44.6 Å². The molecule has 0 spiro atoms. The van der Waals surface area contributed by atoms with Crippen LogP contribution in [0.2, 0.25) is 0 Å². The number of carbonyl (C=O) groups is 3. The molecule has 2 amide bonds. The molecule has 3 N–H and O–H groups in total. The molecule has 1 saturated carbocycles. The number of carbonyl (C=O) groups excluding carboxylic acids is 2. The molecule has 0 saturated heterocycles. The zero-order valence-electron chi connectivity index (χ0n) is 18.8. The maximum atomic E-state index is 12.7. The summed E-state index contributed by atoms with van der Waals surface area (Å²) >= 11 is 0. The molecule has 0 bridgehead atoms. The summed E-state index contributed by atoms with van der Waals surface area (Å²) in [5.41, 5.74) is 4.55. The van der Waals surface area contributed by atoms with Gasteiger partial charge in [-0.3, -0.25) is 9.59 Å². The van der Waals surface area contributed by atoms with Gasteiger partial charge in [0.25, 0.3) is 0 Å². The Morgan fingerprint density at radius 1 is 1.03 bits per heavy atom. The number of carboxylic acid groups (broad SMARTS) is 1. The fourth-order valence-corrected chi connectivity index (χ4v) is 4.45. The highest BCUT2D eigenvalue weighted by Crippen LogP contribution is 2.44. The van der Waals surface area contributed by atoms with Crippen LogP contribution < -0.4 is 10.6 Å². The number of benzene rings is 2. The third-order valence-corrected chi connectivity index (χ3v) is 6.58. The Hall–Kier alpha value is -3.35. The first-order valence-corrected chi connectivity index (χ1v) is 11.6. The summed E-state index contributed by atoms with van der Waals surface area (Å²) in [5.74, 6) is -1.61. The van der Waals surface area contributed by atoms with Gasteiger partial charge in [0.2, 0.25) is 5.91 Å². The first-order chi connectivity index (χ1) is 16.0. The second-order valence-corrected chi connectivity index (χ2v) is 8.89. The molecule has 2 aromatic carbocycles. The van der Waals surface area contributed by atoms with Crippen molar-refractivity contribution in [3.63, 3.8) is 0 Å². The molecule has 0 radical (unpaired) electrons. The fourth-order valence-electron chi connectivity index (χ4n) is 4.45. The average Bonchev–Trinajstić information content (AvgIpc) is 3.58. The smallest absolute Gasteiger partial charge is 0.407 e. The van der Waals surface area contributed by atoms with E-state index in [2.05, 4.69) is 34.9 Å². The summed E-state index contributed by atoms with van der Waals surface area (Å²) in [7, 11) is 0. The van der Waals surface area contributed by atoms with Gasteiger partial charge in [-0.15, -0.1) is 0 Å². The number of alkyl carbamates (subject to hydrolysis) is 1. The van der Waals surface area contributed by atoms with E-state index in [1.54, 1.807) is 6.92 Å². The van der Waals surface area contributed by atoms with Gasteiger partial charge in [0, 0.05) is 12.5 Å². The summed E-state index contributed by atoms with van der Waals surface area (Å²) in [6, 6.07) is 15.5. The van der Waals surface area contributed by atoms with Crippen molar-refractivity contribution in [3.8, 4) is 11.1 Å². The van der Waals surface area contributed by atoms with E-state index in [4.69, 9.17) is 4.74 Å². The molecule has 2 atom stereocenters. The lowest BCUT2D eigenvalue weighted by atomic mass is 9.98. The van der Waals surface area contributed by atoms with Crippen molar-refractivity contribution in [2.24, 2.45) is 11.8 Å². The van der Waals surface area contributed by atoms with Crippen molar-refractivity contribution in [3.05, 3.63) is 59.7 Å². The number of amides is 2. The molecule has 2 unspecified atom stereocenters. The van der Waals surface area contributed by atoms with Crippen molar-refractivity contribution in [2.75, 3.05) is 13.2 Å². The second kappa shape index (κ2) is 10.1. The number of ether oxygens (including phenoxy) is 1. The lowest BCUT2D eigenvalue weighted by Crippen LogP contribution is -2.48. The molecule has 0 aromatic heterocycles. The first kappa shape index (κ1) is 22.8. The van der Waals surface area contributed by atoms with Crippen molar-refractivity contribution >= 4 is 18.0 Å². The maximum Gasteiger partial charge on any atom is 0.407 e. The highest BCUT2D eigenvalue weighted by Gasteiger charge is 2.33. The van der Waals surface area contributed by atoms with E-state index in [9.17, 15) is 19.5 Å². The Morgan fingerprint density at radius 3 is 2.18 bits per heavy atom. The number of carboxylic acids is 1. The molecule has 0 heterocycles. The highest BCUT2D eigenvalue weighted by atomic mass is 16.5. The molecular weight excluding hydrogens is 420 g/mol. The van der Waals surface area contributed by atoms with Crippen LogP contribution in [-0.2, 0) is 14.3 Å². The maximum absolute atomic E-state index is 12.7. The lowest BCUT2D eigenvalue weighted by Gasteiger charge is -2.20. The van der Waals surface area contributed by atoms with E-state index < -0.39 is 24.0 Å². The average molecular weight is 451 g/mol. The number of nitrogens with one attached hydrogen (secondary N) is 2. The molecule has 2 aliphatic rings. The van der Waals surface area contributed by atoms with Gasteiger partial charge in [-0.2, -0.15) is 0 Å². The van der Waals surface area contributed by atoms with Gasteiger partial charge in [0.1, 0.15) is 12.6 Å². The summed E-state index contributed by atoms with van der Waals surface area (Å²) < 4.78 is 5.58. The van der Waals surface area contributed by atoms with Crippen LogP contribution in [-0.4, -0.2) is 42.3 Å². The summed E-state index contributed by atoms with van der Waals surface area (Å²) in [4.78, 5) is 36.6. The topological polar surface area (TPSA) is 105 Å². The number of rotatable bonds is 10. The molecule has 2 aromatic rings. The van der Waals surface area contributed by atoms with Crippen molar-refractivity contribution in [1.82, 2.24) is 10.6 Å². The van der Waals surface area contributed by atoms with Gasteiger partial charge >= 0.3 is 12.1 Å². The van der Waals surface area contributed by atoms with E-state index in [1.165, 1.54) is 0 Å². The zero-order chi connectivity index (χ0) is 23.4. The predicted octanol–water partition coefficient (Wildman–Crippen LogP) is 3.92. The van der Waals surface area contributed by atoms with Crippen LogP contribution in [0.4, 0.5) is 4.79 Å². The van der Waals surface area contributed by atoms with Gasteiger partial charge in [0.15, 0.2) is 0 Å². The molecule has 33 heavy (non-hydrogen) atoms. The Balaban J connectivity index is 1.37. The molecule has 0 aliphatic heterocycles. The summed E-state index contributed by atoms with van der Waals surface area (Å²) in [5, 5.41) is 14.6. The molecule has 1 fully saturated rings. The van der Waals surface area contributed by atoms with E-state index in [0.717, 1.165) is 35.1 Å². The van der Waals surface area contributed by atoms with E-state index in [1.807, 2.05) is 24.3 Å². The van der Waals surface area contributed by atoms with E-state index >= 15 is 0 Å². The largest absolute Gasteiger partial charge is 0.481 e. The molecule has 4 rings (SSSR count). The normalized spacial score (nSPS) is 16.3. The monoisotopic (exact) mass is 450 g/mol. The van der Waals surface area contributed by atoms with Gasteiger partial charge in [-0.25, -0.2) is 4.79 Å². The molecular formula is C26H30N2O5. The van der Waals surface area contributed by atoms with Gasteiger partial charge in [0.05, 0.1) is 5.92 Å². The number of hydrogen-bond acceptors (Lipinski definition) is 4. The third-order valence-electron chi connectivity index (χ3n) is 6.58. The third kappa shape index (κ3) is 5.35. The van der Waals surface area contributed by atoms with Crippen LogP contribution in [0.3, 0.4) is 0 Å². The standard InChI is InChI=1S/C26H30N2O5/c1-2-17(25(30)31)14-27-24(29)23(13-16-11-12-16)28-26(32)33-15-22-20-9-5-3-7-18(20)19-8-4-6-10-21(19)22/h3-10,16-17,22-23H,2,11-15H2,1H3,(H,27,29)(H,28,32)(H,30,31). The number of aliphatic carboxylic acids is 1. The van der Waals surface area contributed by atoms with E-state index in [0.29, 0.717) is 18.8 Å². The van der Waals surface area contributed by atoms with Crippen LogP contribution in [0.25, 0.3) is 11.1 Å². The van der Waals surface area contributed by atoms with Crippen molar-refractivity contribution < 1.29 is 24.2 Å². The fraction of sp³-hybridized carbons (Fsp3) is 0.423. The van der Waals surface area contributed by atoms with Crippen LogP contribution in [0.1, 0.15) is 49.7 Å². The number of fused-ring (bicyclic) bond motifs is 3. The zero-order valence-corrected chi connectivity index (χ0v) is 18.8. The summed E-state index contributed by atoms with van der Waals surface area (Å²) in [6.07, 6.45) is 2.37. The molecule has 174 valence electrons. The minimum absolute atomic E-state index is 0.0399. The molecule has 7 heteroatoms. The van der Waals surface area contributed by atoms with Gasteiger partial charge in [-0.1, -0.05) is 68.3 Å². The summed E-state index contributed by atoms with van der Waals surface area (Å²) in [6.45, 7) is 1.98. The van der Waals surface area contributed by atoms with Crippen LogP contribution in [0.15, 0.2) is 48.5 Å². The molecule has 2 aliphatic carbocycles. The Kier molecular flexibility index (Phi) is 6.96.